The van der Waals surface area contributed by atoms with Gasteiger partial charge in [0, 0.05) is 6.54 Å². The average Bonchev–Trinajstić information content (AvgIpc) is 2.26. The van der Waals surface area contributed by atoms with Crippen LogP contribution in [-0.2, 0) is 0 Å². The molecule has 0 aromatic carbocycles. The van der Waals surface area contributed by atoms with Crippen molar-refractivity contribution in [2.45, 2.75) is 12.5 Å². The third kappa shape index (κ3) is 3.04. The van der Waals surface area contributed by atoms with Crippen LogP contribution in [0.3, 0.4) is 0 Å². The first-order valence-corrected chi connectivity index (χ1v) is 4.55. The number of pyridine rings is 1. The molecule has 0 spiro atoms. The minimum Gasteiger partial charge on any atom is -0.393 e. The van der Waals surface area contributed by atoms with Crippen molar-refractivity contribution in [3.05, 3.63) is 23.5 Å². The van der Waals surface area contributed by atoms with Gasteiger partial charge in [0.15, 0.2) is 0 Å². The van der Waals surface area contributed by atoms with Crippen molar-refractivity contribution in [2.24, 2.45) is 0 Å². The summed E-state index contributed by atoms with van der Waals surface area (Å²) in [4.78, 5) is 2.36. The molecule has 8 heteroatoms. The zero-order chi connectivity index (χ0) is 13.2. The van der Waals surface area contributed by atoms with Gasteiger partial charge in [-0.05, 0) is 6.92 Å². The van der Waals surface area contributed by atoms with Crippen LogP contribution in [-0.4, -0.2) is 33.9 Å². The first-order valence-electron chi connectivity index (χ1n) is 4.55. The first kappa shape index (κ1) is 13.7. The van der Waals surface area contributed by atoms with Crippen LogP contribution in [0.1, 0.15) is 6.92 Å². The zero-order valence-corrected chi connectivity index (χ0v) is 8.77. The lowest BCUT2D eigenvalue weighted by Crippen LogP contribution is -2.37. The largest absolute Gasteiger partial charge is 0.393 e. The summed E-state index contributed by atoms with van der Waals surface area (Å²) in [5, 5.41) is 20.0. The smallest absolute Gasteiger partial charge is 0.253 e. The Morgan fingerprint density at radius 3 is 2.06 bits per heavy atom. The second-order valence-corrected chi connectivity index (χ2v) is 3.70. The lowest BCUT2D eigenvalue weighted by molar-refractivity contribution is 0.0131. The van der Waals surface area contributed by atoms with Crippen molar-refractivity contribution >= 4 is 5.69 Å². The Hall–Kier alpha value is -1.41. The van der Waals surface area contributed by atoms with Crippen LogP contribution >= 0.6 is 0 Å². The number of anilines is 1. The van der Waals surface area contributed by atoms with E-state index < -0.39 is 48.0 Å². The highest BCUT2D eigenvalue weighted by Crippen LogP contribution is 2.22. The van der Waals surface area contributed by atoms with E-state index in [1.807, 2.05) is 5.32 Å². The summed E-state index contributed by atoms with van der Waals surface area (Å²) in [6.45, 7) is -0.0246. The van der Waals surface area contributed by atoms with Crippen LogP contribution in [0, 0.1) is 23.5 Å². The normalized spacial score (nSPS) is 14.5. The van der Waals surface area contributed by atoms with Crippen molar-refractivity contribution in [3.8, 4) is 0 Å². The molecule has 0 aliphatic heterocycles. The zero-order valence-electron chi connectivity index (χ0n) is 8.77. The van der Waals surface area contributed by atoms with Gasteiger partial charge in [-0.2, -0.15) is 22.5 Å². The highest BCUT2D eigenvalue weighted by molar-refractivity contribution is 5.45. The fraction of sp³-hybridized carbons (Fsp3) is 0.444. The van der Waals surface area contributed by atoms with E-state index in [9.17, 15) is 22.7 Å². The van der Waals surface area contributed by atoms with Crippen LogP contribution in [0.5, 0.6) is 0 Å². The third-order valence-electron chi connectivity index (χ3n) is 1.98. The second-order valence-electron chi connectivity index (χ2n) is 3.70. The maximum Gasteiger partial charge on any atom is 0.253 e. The number of rotatable bonds is 4. The fourth-order valence-corrected chi connectivity index (χ4v) is 0.977. The Kier molecular flexibility index (Phi) is 3.89. The number of hydrogen-bond donors (Lipinski definition) is 3. The minimum absolute atomic E-state index is 0.500. The van der Waals surface area contributed by atoms with E-state index in [0.717, 1.165) is 0 Å². The van der Waals surface area contributed by atoms with E-state index in [0.29, 0.717) is 0 Å². The van der Waals surface area contributed by atoms with E-state index in [2.05, 4.69) is 4.98 Å². The van der Waals surface area contributed by atoms with Crippen LogP contribution < -0.4 is 5.32 Å². The lowest BCUT2D eigenvalue weighted by atomic mass is 10.1. The standard InChI is InChI=1S/C9H10F4N2O2/c1-9(17,3-16)2-14-6-4(10)7(12)15-8(13)5(6)11/h16-17H,2-3H2,1H3,(H,14,15). The number of nitrogens with zero attached hydrogens (tertiary/aromatic N) is 1. The first-order chi connectivity index (χ1) is 7.78. The number of halogens is 4. The molecule has 1 unspecified atom stereocenters. The van der Waals surface area contributed by atoms with Gasteiger partial charge in [-0.3, -0.25) is 0 Å². The van der Waals surface area contributed by atoms with Gasteiger partial charge < -0.3 is 15.5 Å². The van der Waals surface area contributed by atoms with Crippen molar-refractivity contribution < 1.29 is 27.8 Å². The van der Waals surface area contributed by atoms with E-state index >= 15 is 0 Å². The van der Waals surface area contributed by atoms with Crippen molar-refractivity contribution in [2.75, 3.05) is 18.5 Å². The highest BCUT2D eigenvalue weighted by atomic mass is 19.2. The Morgan fingerprint density at radius 2 is 1.65 bits per heavy atom. The molecule has 0 aliphatic carbocycles. The topological polar surface area (TPSA) is 65.4 Å². The van der Waals surface area contributed by atoms with Crippen molar-refractivity contribution in [1.82, 2.24) is 4.98 Å². The van der Waals surface area contributed by atoms with Gasteiger partial charge >= 0.3 is 0 Å². The molecule has 0 radical (unpaired) electrons. The van der Waals surface area contributed by atoms with Gasteiger partial charge in [-0.25, -0.2) is 0 Å². The summed E-state index contributed by atoms with van der Waals surface area (Å²) in [6.07, 6.45) is 0. The number of aliphatic hydroxyl groups excluding tert-OH is 1. The van der Waals surface area contributed by atoms with Gasteiger partial charge in [-0.1, -0.05) is 0 Å². The van der Waals surface area contributed by atoms with Crippen molar-refractivity contribution in [1.29, 1.82) is 0 Å². The Balaban J connectivity index is 2.99. The molecule has 0 fully saturated rings. The summed E-state index contributed by atoms with van der Waals surface area (Å²) in [7, 11) is 0. The van der Waals surface area contributed by atoms with Gasteiger partial charge in [-0.15, -0.1) is 0 Å². The predicted molar refractivity (Wildman–Crippen MR) is 50.3 cm³/mol. The summed E-state index contributed by atoms with van der Waals surface area (Å²) in [5.41, 5.74) is -2.77. The van der Waals surface area contributed by atoms with E-state index in [1.54, 1.807) is 0 Å². The molecule has 1 rings (SSSR count). The van der Waals surface area contributed by atoms with E-state index in [4.69, 9.17) is 5.11 Å². The maximum absolute atomic E-state index is 13.1. The van der Waals surface area contributed by atoms with Crippen LogP contribution in [0.4, 0.5) is 23.2 Å². The molecule has 0 aliphatic rings. The number of aromatic nitrogens is 1. The lowest BCUT2D eigenvalue weighted by Gasteiger charge is -2.21. The van der Waals surface area contributed by atoms with Gasteiger partial charge in [0.2, 0.25) is 11.6 Å². The molecular weight excluding hydrogens is 244 g/mol. The minimum atomic E-state index is -1.80. The summed E-state index contributed by atoms with van der Waals surface area (Å²) >= 11 is 0. The summed E-state index contributed by atoms with van der Waals surface area (Å²) < 4.78 is 51.5. The fourth-order valence-electron chi connectivity index (χ4n) is 0.977. The predicted octanol–water partition coefficient (Wildman–Crippen LogP) is 0.793. The molecule has 1 aromatic rings. The molecule has 4 nitrogen and oxygen atoms in total. The molecular formula is C9H10F4N2O2. The van der Waals surface area contributed by atoms with Crippen molar-refractivity contribution in [3.63, 3.8) is 0 Å². The van der Waals surface area contributed by atoms with Gasteiger partial charge in [0.1, 0.15) is 11.3 Å². The molecule has 0 saturated heterocycles. The van der Waals surface area contributed by atoms with E-state index in [-0.39, 0.29) is 0 Å². The monoisotopic (exact) mass is 254 g/mol. The van der Waals surface area contributed by atoms with Crippen LogP contribution in [0.2, 0.25) is 0 Å². The molecule has 0 bridgehead atoms. The average molecular weight is 254 g/mol. The number of nitrogens with one attached hydrogen (secondary N) is 1. The molecule has 1 aromatic heterocycles. The number of hydrogen-bond acceptors (Lipinski definition) is 4. The summed E-state index contributed by atoms with van der Waals surface area (Å²) in [6, 6.07) is 0. The molecule has 0 saturated carbocycles. The van der Waals surface area contributed by atoms with E-state index in [1.165, 1.54) is 6.92 Å². The van der Waals surface area contributed by atoms with Crippen LogP contribution in [0.15, 0.2) is 0 Å². The molecule has 96 valence electrons. The van der Waals surface area contributed by atoms with Gasteiger partial charge in [0.25, 0.3) is 11.9 Å². The molecule has 17 heavy (non-hydrogen) atoms. The SMILES string of the molecule is CC(O)(CO)CNc1c(F)c(F)nc(F)c1F. The molecule has 3 N–H and O–H groups in total. The van der Waals surface area contributed by atoms with Gasteiger partial charge in [0.05, 0.1) is 6.61 Å². The molecule has 1 heterocycles. The third-order valence-corrected chi connectivity index (χ3v) is 1.98. The van der Waals surface area contributed by atoms with Crippen LogP contribution in [0.25, 0.3) is 0 Å². The highest BCUT2D eigenvalue weighted by Gasteiger charge is 2.24. The molecule has 1 atom stereocenters. The maximum atomic E-state index is 13.1. The quantitative estimate of drug-likeness (QED) is 0.549. The molecule has 0 amide bonds. The Labute approximate surface area is 93.9 Å². The second kappa shape index (κ2) is 4.84. The summed E-state index contributed by atoms with van der Waals surface area (Å²) in [5.74, 6) is -6.99. The number of aliphatic hydroxyl groups is 2. The Bertz CT molecular complexity index is 400. The Morgan fingerprint density at radius 1 is 1.18 bits per heavy atom.